The number of hydrogen-bond donors (Lipinski definition) is 3. The third kappa shape index (κ3) is 5.07. The highest BCUT2D eigenvalue weighted by molar-refractivity contribution is 5.79. The van der Waals surface area contributed by atoms with Gasteiger partial charge in [-0.2, -0.15) is 0 Å². The fourth-order valence-electron chi connectivity index (χ4n) is 1.93. The molecule has 0 saturated heterocycles. The van der Waals surface area contributed by atoms with Gasteiger partial charge in [0.1, 0.15) is 5.84 Å². The van der Waals surface area contributed by atoms with Crippen molar-refractivity contribution in [1.29, 1.82) is 0 Å². The summed E-state index contributed by atoms with van der Waals surface area (Å²) in [5, 5.41) is 14.7. The van der Waals surface area contributed by atoms with Gasteiger partial charge in [0.05, 0.1) is 0 Å². The monoisotopic (exact) mass is 264 g/mol. The van der Waals surface area contributed by atoms with E-state index in [0.717, 1.165) is 31.7 Å². The zero-order valence-electron chi connectivity index (χ0n) is 11.8. The Morgan fingerprint density at radius 2 is 1.89 bits per heavy atom. The van der Waals surface area contributed by atoms with Gasteiger partial charge >= 0.3 is 0 Å². The first-order chi connectivity index (χ1) is 9.21. The largest absolute Gasteiger partial charge is 0.409 e. The molecule has 0 aliphatic rings. The van der Waals surface area contributed by atoms with Crippen molar-refractivity contribution in [3.8, 4) is 0 Å². The molecule has 0 aromatic heterocycles. The molecule has 0 radical (unpaired) electrons. The third-order valence-electron chi connectivity index (χ3n) is 3.06. The molecule has 1 aromatic rings. The number of nitrogens with one attached hydrogen (secondary N) is 1. The molecule has 0 unspecified atom stereocenters. The molecule has 0 fully saturated rings. The summed E-state index contributed by atoms with van der Waals surface area (Å²) in [6, 6.07) is 8.41. The molecule has 0 aliphatic heterocycles. The maximum Gasteiger partial charge on any atom is 0.139 e. The van der Waals surface area contributed by atoms with Crippen molar-refractivity contribution in [1.82, 2.24) is 0 Å². The highest BCUT2D eigenvalue weighted by Crippen LogP contribution is 2.17. The smallest absolute Gasteiger partial charge is 0.139 e. The molecule has 1 rings (SSSR count). The van der Waals surface area contributed by atoms with Gasteiger partial charge in [0.15, 0.2) is 0 Å². The van der Waals surface area contributed by atoms with Gasteiger partial charge in [-0.25, -0.2) is 0 Å². The lowest BCUT2D eigenvalue weighted by Gasteiger charge is -2.21. The number of nitrogens with zero attached hydrogens (tertiary/aromatic N) is 2. The van der Waals surface area contributed by atoms with Crippen LogP contribution in [-0.4, -0.2) is 30.7 Å². The fraction of sp³-hybridized carbons (Fsp3) is 0.500. The zero-order valence-corrected chi connectivity index (χ0v) is 11.8. The van der Waals surface area contributed by atoms with Crippen LogP contribution < -0.4 is 16.0 Å². The zero-order chi connectivity index (χ0) is 14.1. The normalized spacial score (nSPS) is 11.4. The maximum atomic E-state index is 8.42. The van der Waals surface area contributed by atoms with Crippen molar-refractivity contribution in [2.45, 2.75) is 26.7 Å². The van der Waals surface area contributed by atoms with Crippen molar-refractivity contribution >= 4 is 17.2 Å². The van der Waals surface area contributed by atoms with Gasteiger partial charge in [-0.15, -0.1) is 0 Å². The Morgan fingerprint density at radius 3 is 2.42 bits per heavy atom. The predicted molar refractivity (Wildman–Crippen MR) is 81.1 cm³/mol. The van der Waals surface area contributed by atoms with E-state index in [4.69, 9.17) is 10.9 Å². The third-order valence-corrected chi connectivity index (χ3v) is 3.06. The Hall–Kier alpha value is -1.91. The van der Waals surface area contributed by atoms with Crippen LogP contribution in [0.2, 0.25) is 0 Å². The van der Waals surface area contributed by atoms with E-state index in [1.54, 1.807) is 0 Å². The van der Waals surface area contributed by atoms with Crippen molar-refractivity contribution in [3.63, 3.8) is 0 Å². The molecule has 0 saturated carbocycles. The summed E-state index contributed by atoms with van der Waals surface area (Å²) in [5.41, 5.74) is 7.74. The average Bonchev–Trinajstić information content (AvgIpc) is 2.46. The summed E-state index contributed by atoms with van der Waals surface area (Å²) < 4.78 is 0. The Kier molecular flexibility index (Phi) is 6.57. The minimum absolute atomic E-state index is 0.277. The highest BCUT2D eigenvalue weighted by atomic mass is 16.4. The number of hydrogen-bond acceptors (Lipinski definition) is 4. The lowest BCUT2D eigenvalue weighted by Crippen LogP contribution is -2.21. The molecule has 19 heavy (non-hydrogen) atoms. The Labute approximate surface area is 115 Å². The number of oxime groups is 1. The van der Waals surface area contributed by atoms with Crippen molar-refractivity contribution < 1.29 is 5.21 Å². The van der Waals surface area contributed by atoms with Gasteiger partial charge in [0, 0.05) is 37.4 Å². The Morgan fingerprint density at radius 1 is 1.26 bits per heavy atom. The lowest BCUT2D eigenvalue weighted by atomic mass is 10.2. The lowest BCUT2D eigenvalue weighted by molar-refractivity contribution is 0.316. The molecule has 0 amide bonds. The van der Waals surface area contributed by atoms with Crippen molar-refractivity contribution in [2.75, 3.05) is 29.9 Å². The second-order valence-electron chi connectivity index (χ2n) is 4.34. The summed E-state index contributed by atoms with van der Waals surface area (Å²) in [5.74, 6) is 0.277. The van der Waals surface area contributed by atoms with E-state index in [9.17, 15) is 0 Å². The van der Waals surface area contributed by atoms with Gasteiger partial charge in [-0.1, -0.05) is 5.16 Å². The fourth-order valence-corrected chi connectivity index (χ4v) is 1.93. The van der Waals surface area contributed by atoms with Gasteiger partial charge < -0.3 is 21.2 Å². The summed E-state index contributed by atoms with van der Waals surface area (Å²) >= 11 is 0. The minimum atomic E-state index is 0.277. The van der Waals surface area contributed by atoms with Crippen LogP contribution in [0.3, 0.4) is 0 Å². The predicted octanol–water partition coefficient (Wildman–Crippen LogP) is 2.47. The van der Waals surface area contributed by atoms with E-state index in [0.29, 0.717) is 6.42 Å². The van der Waals surface area contributed by atoms with E-state index in [1.807, 2.05) is 0 Å². The quantitative estimate of drug-likeness (QED) is 0.222. The van der Waals surface area contributed by atoms with Gasteiger partial charge in [0.25, 0.3) is 0 Å². The molecule has 0 aliphatic carbocycles. The molecule has 0 spiro atoms. The Bertz CT molecular complexity index is 385. The highest BCUT2D eigenvalue weighted by Gasteiger charge is 2.01. The van der Waals surface area contributed by atoms with E-state index in [-0.39, 0.29) is 5.84 Å². The number of amidine groups is 1. The van der Waals surface area contributed by atoms with Crippen LogP contribution in [0.15, 0.2) is 29.4 Å². The molecule has 5 heteroatoms. The van der Waals surface area contributed by atoms with Crippen LogP contribution in [-0.2, 0) is 0 Å². The molecular formula is C14H24N4O. The SMILES string of the molecule is CCN(CC)c1ccc(NCCCC(N)=NO)cc1. The second-order valence-corrected chi connectivity index (χ2v) is 4.34. The molecular weight excluding hydrogens is 240 g/mol. The van der Waals surface area contributed by atoms with E-state index in [1.165, 1.54) is 5.69 Å². The number of anilines is 2. The number of nitrogens with two attached hydrogens (primary N) is 1. The minimum Gasteiger partial charge on any atom is -0.409 e. The first kappa shape index (κ1) is 15.1. The first-order valence-corrected chi connectivity index (χ1v) is 6.76. The van der Waals surface area contributed by atoms with Crippen LogP contribution in [0, 0.1) is 0 Å². The van der Waals surface area contributed by atoms with Gasteiger partial charge in [-0.05, 0) is 44.5 Å². The molecule has 5 nitrogen and oxygen atoms in total. The van der Waals surface area contributed by atoms with Gasteiger partial charge in [0.2, 0.25) is 0 Å². The average molecular weight is 264 g/mol. The van der Waals surface area contributed by atoms with Crippen LogP contribution >= 0.6 is 0 Å². The summed E-state index contributed by atoms with van der Waals surface area (Å²) in [7, 11) is 0. The second kappa shape index (κ2) is 8.24. The van der Waals surface area contributed by atoms with Gasteiger partial charge in [-0.3, -0.25) is 0 Å². The first-order valence-electron chi connectivity index (χ1n) is 6.76. The molecule has 0 heterocycles. The number of rotatable bonds is 8. The standard InChI is InChI=1S/C14H24N4O/c1-3-18(4-2)13-9-7-12(8-10-13)16-11-5-6-14(15)17-19/h7-10,16,19H,3-6,11H2,1-2H3,(H2,15,17). The van der Waals surface area contributed by atoms with Crippen LogP contribution in [0.5, 0.6) is 0 Å². The topological polar surface area (TPSA) is 73.9 Å². The molecule has 0 bridgehead atoms. The molecule has 106 valence electrons. The van der Waals surface area contributed by atoms with Crippen LogP contribution in [0.25, 0.3) is 0 Å². The maximum absolute atomic E-state index is 8.42. The van der Waals surface area contributed by atoms with Crippen molar-refractivity contribution in [3.05, 3.63) is 24.3 Å². The van der Waals surface area contributed by atoms with E-state index < -0.39 is 0 Å². The number of benzene rings is 1. The molecule has 0 atom stereocenters. The molecule has 1 aromatic carbocycles. The summed E-state index contributed by atoms with van der Waals surface area (Å²) in [4.78, 5) is 2.31. The Balaban J connectivity index is 2.40. The summed E-state index contributed by atoms with van der Waals surface area (Å²) in [6.07, 6.45) is 1.44. The van der Waals surface area contributed by atoms with E-state index >= 15 is 0 Å². The van der Waals surface area contributed by atoms with Crippen LogP contribution in [0.1, 0.15) is 26.7 Å². The molecule has 4 N–H and O–H groups in total. The van der Waals surface area contributed by atoms with Crippen LogP contribution in [0.4, 0.5) is 11.4 Å². The summed E-state index contributed by atoms with van der Waals surface area (Å²) in [6.45, 7) is 7.15. The van der Waals surface area contributed by atoms with Crippen molar-refractivity contribution in [2.24, 2.45) is 10.9 Å². The van der Waals surface area contributed by atoms with E-state index in [2.05, 4.69) is 53.5 Å².